The maximum atomic E-state index is 12.2. The van der Waals surface area contributed by atoms with E-state index in [1.165, 1.54) is 48.8 Å². The van der Waals surface area contributed by atoms with Crippen LogP contribution in [0, 0.1) is 6.92 Å². The van der Waals surface area contributed by atoms with Crippen LogP contribution in [-0.4, -0.2) is 42.2 Å². The van der Waals surface area contributed by atoms with Gasteiger partial charge in [0.1, 0.15) is 12.3 Å². The molecule has 3 aromatic rings. The van der Waals surface area contributed by atoms with Gasteiger partial charge in [0.2, 0.25) is 10.0 Å². The average Bonchev–Trinajstić information content (AvgIpc) is 2.67. The molecule has 0 radical (unpaired) electrons. The van der Waals surface area contributed by atoms with E-state index in [2.05, 4.69) is 4.98 Å². The molecule has 0 bridgehead atoms. The van der Waals surface area contributed by atoms with Crippen LogP contribution in [0.3, 0.4) is 0 Å². The van der Waals surface area contributed by atoms with Crippen LogP contribution in [-0.2, 0) is 21.4 Å². The van der Waals surface area contributed by atoms with Gasteiger partial charge < -0.3 is 4.74 Å². The van der Waals surface area contributed by atoms with E-state index in [9.17, 15) is 18.0 Å². The zero-order chi connectivity index (χ0) is 20.5. The number of carbonyl (C=O) groups is 1. The topological polar surface area (TPSA) is 98.0 Å². The average molecular weight is 401 g/mol. The van der Waals surface area contributed by atoms with E-state index in [0.717, 1.165) is 9.87 Å². The van der Waals surface area contributed by atoms with Gasteiger partial charge in [-0.15, -0.1) is 0 Å². The quantitative estimate of drug-likeness (QED) is 0.603. The molecule has 0 unspecified atom stereocenters. The molecule has 28 heavy (non-hydrogen) atoms. The molecule has 2 heterocycles. The lowest BCUT2D eigenvalue weighted by Crippen LogP contribution is -2.22. The molecule has 146 valence electrons. The molecule has 8 nitrogen and oxygen atoms in total. The van der Waals surface area contributed by atoms with Crippen LogP contribution in [0.1, 0.15) is 21.6 Å². The summed E-state index contributed by atoms with van der Waals surface area (Å²) >= 11 is 0. The van der Waals surface area contributed by atoms with Gasteiger partial charge in [-0.3, -0.25) is 9.20 Å². The van der Waals surface area contributed by atoms with Gasteiger partial charge in [-0.1, -0.05) is 6.07 Å². The van der Waals surface area contributed by atoms with E-state index < -0.39 is 16.0 Å². The van der Waals surface area contributed by atoms with Crippen molar-refractivity contribution in [3.05, 3.63) is 75.8 Å². The molecule has 0 N–H and O–H groups in total. The summed E-state index contributed by atoms with van der Waals surface area (Å²) < 4.78 is 31.9. The molecule has 3 rings (SSSR count). The summed E-state index contributed by atoms with van der Waals surface area (Å²) in [6.07, 6.45) is 1.62. The van der Waals surface area contributed by atoms with Crippen LogP contribution >= 0.6 is 0 Å². The minimum Gasteiger partial charge on any atom is -0.456 e. The molecule has 2 aromatic heterocycles. The predicted molar refractivity (Wildman–Crippen MR) is 103 cm³/mol. The monoisotopic (exact) mass is 401 g/mol. The first-order valence-electron chi connectivity index (χ1n) is 8.38. The van der Waals surface area contributed by atoms with Crippen molar-refractivity contribution in [3.8, 4) is 0 Å². The largest absolute Gasteiger partial charge is 0.456 e. The molecule has 1 aromatic carbocycles. The summed E-state index contributed by atoms with van der Waals surface area (Å²) in [5.74, 6) is -0.638. The van der Waals surface area contributed by atoms with Gasteiger partial charge >= 0.3 is 5.97 Å². The molecular formula is C19H19N3O5S. The highest BCUT2D eigenvalue weighted by molar-refractivity contribution is 7.89. The van der Waals surface area contributed by atoms with Gasteiger partial charge in [-0.25, -0.2) is 22.5 Å². The zero-order valence-corrected chi connectivity index (χ0v) is 16.4. The Hall–Kier alpha value is -3.04. The second-order valence-corrected chi connectivity index (χ2v) is 8.51. The molecule has 0 atom stereocenters. The number of hydrogen-bond donors (Lipinski definition) is 0. The first-order valence-corrected chi connectivity index (χ1v) is 9.82. The van der Waals surface area contributed by atoms with Gasteiger partial charge in [0.25, 0.3) is 5.56 Å². The fourth-order valence-corrected chi connectivity index (χ4v) is 3.48. The highest BCUT2D eigenvalue weighted by atomic mass is 32.2. The van der Waals surface area contributed by atoms with Crippen molar-refractivity contribution in [3.63, 3.8) is 0 Å². The number of sulfonamides is 1. The van der Waals surface area contributed by atoms with Crippen LogP contribution in [0.2, 0.25) is 0 Å². The number of aromatic nitrogens is 2. The smallest absolute Gasteiger partial charge is 0.338 e. The van der Waals surface area contributed by atoms with Crippen LogP contribution in [0.4, 0.5) is 0 Å². The molecule has 0 fully saturated rings. The number of esters is 1. The highest BCUT2D eigenvalue weighted by Crippen LogP contribution is 2.15. The van der Waals surface area contributed by atoms with Crippen molar-refractivity contribution in [2.75, 3.05) is 14.1 Å². The summed E-state index contributed by atoms with van der Waals surface area (Å²) in [5, 5.41) is 0. The third-order valence-electron chi connectivity index (χ3n) is 4.16. The maximum absolute atomic E-state index is 12.2. The molecule has 0 aliphatic rings. The molecular weight excluding hydrogens is 382 g/mol. The Labute approximate surface area is 162 Å². The van der Waals surface area contributed by atoms with E-state index in [1.807, 2.05) is 13.0 Å². The molecule has 0 spiro atoms. The maximum Gasteiger partial charge on any atom is 0.338 e. The van der Waals surface area contributed by atoms with Crippen LogP contribution in [0.15, 0.2) is 58.4 Å². The van der Waals surface area contributed by atoms with Crippen molar-refractivity contribution in [1.29, 1.82) is 0 Å². The Morgan fingerprint density at radius 2 is 1.86 bits per heavy atom. The molecule has 0 saturated carbocycles. The number of nitrogens with zero attached hydrogens (tertiary/aromatic N) is 3. The summed E-state index contributed by atoms with van der Waals surface area (Å²) in [5.41, 5.74) is 1.59. The standard InChI is InChI=1S/C19H19N3O5S/c1-13-5-4-10-22-17(23)11-15(20-18(13)22)12-27-19(24)14-6-8-16(9-7-14)28(25,26)21(2)3/h4-11H,12H2,1-3H3. The lowest BCUT2D eigenvalue weighted by molar-refractivity contribution is 0.0467. The van der Waals surface area contributed by atoms with E-state index in [1.54, 1.807) is 12.3 Å². The lowest BCUT2D eigenvalue weighted by Gasteiger charge is -2.11. The van der Waals surface area contributed by atoms with Crippen molar-refractivity contribution in [2.45, 2.75) is 18.4 Å². The molecule has 0 amide bonds. The second-order valence-electron chi connectivity index (χ2n) is 6.36. The molecule has 0 saturated heterocycles. The Bertz CT molecular complexity index is 1200. The summed E-state index contributed by atoms with van der Waals surface area (Å²) in [6.45, 7) is 1.66. The molecule has 9 heteroatoms. The normalized spacial score (nSPS) is 11.7. The Morgan fingerprint density at radius 3 is 2.50 bits per heavy atom. The van der Waals surface area contributed by atoms with Crippen molar-refractivity contribution < 1.29 is 17.9 Å². The van der Waals surface area contributed by atoms with Crippen molar-refractivity contribution in [2.24, 2.45) is 0 Å². The van der Waals surface area contributed by atoms with E-state index >= 15 is 0 Å². The van der Waals surface area contributed by atoms with Gasteiger partial charge in [0.15, 0.2) is 0 Å². The minimum atomic E-state index is -3.57. The Morgan fingerprint density at radius 1 is 1.18 bits per heavy atom. The Balaban J connectivity index is 1.77. The predicted octanol–water partition coefficient (Wildman–Crippen LogP) is 1.61. The van der Waals surface area contributed by atoms with Gasteiger partial charge in [-0.05, 0) is 42.8 Å². The van der Waals surface area contributed by atoms with Crippen molar-refractivity contribution in [1.82, 2.24) is 13.7 Å². The highest BCUT2D eigenvalue weighted by Gasteiger charge is 2.18. The SMILES string of the molecule is Cc1cccn2c(=O)cc(COC(=O)c3ccc(S(=O)(=O)N(C)C)cc3)nc12. The van der Waals surface area contributed by atoms with E-state index in [0.29, 0.717) is 11.3 Å². The third kappa shape index (κ3) is 3.80. The molecule has 0 aliphatic carbocycles. The van der Waals surface area contributed by atoms with Crippen LogP contribution in [0.5, 0.6) is 0 Å². The number of benzene rings is 1. The Kier molecular flexibility index (Phi) is 5.30. The summed E-state index contributed by atoms with van der Waals surface area (Å²) in [7, 11) is -0.712. The number of aryl methyl sites for hydroxylation is 1. The fourth-order valence-electron chi connectivity index (χ4n) is 2.58. The number of fused-ring (bicyclic) bond motifs is 1. The second kappa shape index (κ2) is 7.53. The number of pyridine rings is 1. The summed E-state index contributed by atoms with van der Waals surface area (Å²) in [6, 6.07) is 10.3. The van der Waals surface area contributed by atoms with Crippen LogP contribution < -0.4 is 5.56 Å². The van der Waals surface area contributed by atoms with Gasteiger partial charge in [0, 0.05) is 26.4 Å². The zero-order valence-electron chi connectivity index (χ0n) is 15.6. The first-order chi connectivity index (χ1) is 13.2. The minimum absolute atomic E-state index is 0.0775. The number of ether oxygens (including phenoxy) is 1. The van der Waals surface area contributed by atoms with E-state index in [4.69, 9.17) is 4.74 Å². The lowest BCUT2D eigenvalue weighted by atomic mass is 10.2. The number of rotatable bonds is 5. The fraction of sp³-hybridized carbons (Fsp3) is 0.211. The molecule has 0 aliphatic heterocycles. The van der Waals surface area contributed by atoms with Gasteiger partial charge in [0.05, 0.1) is 16.2 Å². The first kappa shape index (κ1) is 19.7. The number of carbonyl (C=O) groups excluding carboxylic acids is 1. The van der Waals surface area contributed by atoms with E-state index in [-0.39, 0.29) is 22.6 Å². The van der Waals surface area contributed by atoms with Crippen LogP contribution in [0.25, 0.3) is 5.65 Å². The van der Waals surface area contributed by atoms with Crippen molar-refractivity contribution >= 4 is 21.6 Å². The number of hydrogen-bond acceptors (Lipinski definition) is 6. The summed E-state index contributed by atoms with van der Waals surface area (Å²) in [4.78, 5) is 28.9. The van der Waals surface area contributed by atoms with Gasteiger partial charge in [-0.2, -0.15) is 0 Å². The third-order valence-corrected chi connectivity index (χ3v) is 5.99.